The predicted octanol–water partition coefficient (Wildman–Crippen LogP) is 1.44. The second-order valence-electron chi connectivity index (χ2n) is 4.52. The van der Waals surface area contributed by atoms with E-state index >= 15 is 0 Å². The van der Waals surface area contributed by atoms with Crippen molar-refractivity contribution in [1.29, 1.82) is 0 Å². The van der Waals surface area contributed by atoms with Crippen molar-refractivity contribution in [1.82, 2.24) is 4.90 Å². The van der Waals surface area contributed by atoms with Gasteiger partial charge in [-0.15, -0.1) is 0 Å². The van der Waals surface area contributed by atoms with E-state index in [0.29, 0.717) is 0 Å². The fourth-order valence-electron chi connectivity index (χ4n) is 1.18. The van der Waals surface area contributed by atoms with Crippen LogP contribution in [-0.4, -0.2) is 35.6 Å². The van der Waals surface area contributed by atoms with Crippen molar-refractivity contribution in [2.75, 3.05) is 14.1 Å². The summed E-state index contributed by atoms with van der Waals surface area (Å²) in [5, 5.41) is 9.10. The molecular weight excluding hydrogens is 154 g/mol. The van der Waals surface area contributed by atoms with E-state index < -0.39 is 11.5 Å². The standard InChI is InChI=1S/C9H19NO2/c1-8(2,3)9(4,7(11)12)10(5)6/h1-6H3,(H,11,12)/t9-/m1/s1. The molecular formula is C9H19NO2. The molecule has 0 unspecified atom stereocenters. The number of hydrogen-bond acceptors (Lipinski definition) is 2. The number of hydrogen-bond donors (Lipinski definition) is 1. The summed E-state index contributed by atoms with van der Waals surface area (Å²) in [5.74, 6) is -0.778. The Kier molecular flexibility index (Phi) is 2.91. The number of rotatable bonds is 2. The van der Waals surface area contributed by atoms with Crippen LogP contribution in [-0.2, 0) is 4.79 Å². The number of carboxylic acid groups (broad SMARTS) is 1. The second-order valence-corrected chi connectivity index (χ2v) is 4.52. The van der Waals surface area contributed by atoms with Gasteiger partial charge < -0.3 is 5.11 Å². The van der Waals surface area contributed by atoms with E-state index in [1.807, 2.05) is 20.8 Å². The van der Waals surface area contributed by atoms with Gasteiger partial charge in [0, 0.05) is 0 Å². The summed E-state index contributed by atoms with van der Waals surface area (Å²) >= 11 is 0. The second kappa shape index (κ2) is 3.05. The molecule has 0 rings (SSSR count). The third kappa shape index (κ3) is 1.61. The molecule has 3 heteroatoms. The summed E-state index contributed by atoms with van der Waals surface area (Å²) in [6, 6.07) is 0. The van der Waals surface area contributed by atoms with Gasteiger partial charge >= 0.3 is 5.97 Å². The van der Waals surface area contributed by atoms with Gasteiger partial charge in [0.05, 0.1) is 0 Å². The van der Waals surface area contributed by atoms with Gasteiger partial charge in [-0.05, 0) is 26.4 Å². The molecule has 3 nitrogen and oxygen atoms in total. The summed E-state index contributed by atoms with van der Waals surface area (Å²) in [4.78, 5) is 12.8. The van der Waals surface area contributed by atoms with Crippen LogP contribution in [0.1, 0.15) is 27.7 Å². The molecule has 1 atom stereocenters. The van der Waals surface area contributed by atoms with Crippen LogP contribution in [0.15, 0.2) is 0 Å². The molecule has 0 aliphatic rings. The molecule has 12 heavy (non-hydrogen) atoms. The molecule has 0 aliphatic carbocycles. The highest BCUT2D eigenvalue weighted by atomic mass is 16.4. The van der Waals surface area contributed by atoms with Gasteiger partial charge in [-0.25, -0.2) is 0 Å². The van der Waals surface area contributed by atoms with E-state index in [2.05, 4.69) is 0 Å². The minimum Gasteiger partial charge on any atom is -0.480 e. The first-order chi connectivity index (χ1) is 5.14. The van der Waals surface area contributed by atoms with Crippen molar-refractivity contribution in [3.8, 4) is 0 Å². The monoisotopic (exact) mass is 173 g/mol. The van der Waals surface area contributed by atoms with E-state index in [4.69, 9.17) is 5.11 Å². The van der Waals surface area contributed by atoms with Crippen LogP contribution in [0.3, 0.4) is 0 Å². The first kappa shape index (κ1) is 11.4. The Labute approximate surface area is 74.4 Å². The lowest BCUT2D eigenvalue weighted by atomic mass is 9.74. The maximum Gasteiger partial charge on any atom is 0.324 e. The molecule has 0 bridgehead atoms. The van der Waals surface area contributed by atoms with Crippen LogP contribution < -0.4 is 0 Å². The maximum absolute atomic E-state index is 11.1. The Bertz CT molecular complexity index is 181. The minimum absolute atomic E-state index is 0.275. The molecule has 0 aromatic carbocycles. The number of carbonyl (C=O) groups is 1. The average Bonchev–Trinajstić information content (AvgIpc) is 1.82. The molecule has 0 spiro atoms. The zero-order valence-corrected chi connectivity index (χ0v) is 8.80. The van der Waals surface area contributed by atoms with Crippen molar-refractivity contribution in [2.45, 2.75) is 33.2 Å². The first-order valence-corrected chi connectivity index (χ1v) is 4.05. The molecule has 0 saturated heterocycles. The third-order valence-electron chi connectivity index (χ3n) is 2.77. The predicted molar refractivity (Wildman–Crippen MR) is 49.2 cm³/mol. The number of aliphatic carboxylic acids is 1. The van der Waals surface area contributed by atoms with E-state index in [0.717, 1.165) is 0 Å². The Morgan fingerprint density at radius 1 is 1.17 bits per heavy atom. The number of nitrogens with zero attached hydrogens (tertiary/aromatic N) is 1. The molecule has 0 aromatic rings. The molecule has 0 amide bonds. The molecule has 0 saturated carbocycles. The SMILES string of the molecule is CN(C)[C@](C)(C(=O)O)C(C)(C)C. The lowest BCUT2D eigenvalue weighted by molar-refractivity contribution is -0.155. The molecule has 72 valence electrons. The van der Waals surface area contributed by atoms with E-state index in [9.17, 15) is 4.79 Å². The molecule has 1 N–H and O–H groups in total. The van der Waals surface area contributed by atoms with Gasteiger partial charge in [0.1, 0.15) is 5.54 Å². The zero-order chi connectivity index (χ0) is 10.2. The first-order valence-electron chi connectivity index (χ1n) is 4.05. The van der Waals surface area contributed by atoms with Crippen LogP contribution in [0.5, 0.6) is 0 Å². The van der Waals surface area contributed by atoms with Gasteiger partial charge in [0.15, 0.2) is 0 Å². The Morgan fingerprint density at radius 2 is 1.50 bits per heavy atom. The summed E-state index contributed by atoms with van der Waals surface area (Å²) in [7, 11) is 3.58. The maximum atomic E-state index is 11.1. The van der Waals surface area contributed by atoms with E-state index in [1.165, 1.54) is 0 Å². The molecule has 0 heterocycles. The number of carboxylic acids is 1. The lowest BCUT2D eigenvalue weighted by Crippen LogP contribution is -2.57. The normalized spacial score (nSPS) is 17.6. The van der Waals surface area contributed by atoms with Gasteiger partial charge in [0.2, 0.25) is 0 Å². The van der Waals surface area contributed by atoms with Crippen molar-refractivity contribution in [3.05, 3.63) is 0 Å². The summed E-state index contributed by atoms with van der Waals surface area (Å²) in [6.07, 6.45) is 0. The molecule has 0 fully saturated rings. The van der Waals surface area contributed by atoms with Crippen LogP contribution in [0, 0.1) is 5.41 Å². The highest BCUT2D eigenvalue weighted by molar-refractivity contribution is 5.79. The van der Waals surface area contributed by atoms with Crippen LogP contribution in [0.25, 0.3) is 0 Å². The topological polar surface area (TPSA) is 40.5 Å². The van der Waals surface area contributed by atoms with Crippen molar-refractivity contribution in [2.24, 2.45) is 5.41 Å². The molecule has 0 aromatic heterocycles. The Hall–Kier alpha value is -0.570. The van der Waals surface area contributed by atoms with E-state index in [-0.39, 0.29) is 5.41 Å². The van der Waals surface area contributed by atoms with Gasteiger partial charge in [-0.1, -0.05) is 20.8 Å². The largest absolute Gasteiger partial charge is 0.480 e. The van der Waals surface area contributed by atoms with Crippen LogP contribution >= 0.6 is 0 Å². The fraction of sp³-hybridized carbons (Fsp3) is 0.889. The molecule has 0 radical (unpaired) electrons. The van der Waals surface area contributed by atoms with Crippen molar-refractivity contribution >= 4 is 5.97 Å². The van der Waals surface area contributed by atoms with Gasteiger partial charge in [-0.3, -0.25) is 9.69 Å². The van der Waals surface area contributed by atoms with Crippen LogP contribution in [0.2, 0.25) is 0 Å². The minimum atomic E-state index is -0.812. The highest BCUT2D eigenvalue weighted by Crippen LogP contribution is 2.34. The summed E-state index contributed by atoms with van der Waals surface area (Å²) in [6.45, 7) is 7.54. The fourth-order valence-corrected chi connectivity index (χ4v) is 1.18. The van der Waals surface area contributed by atoms with Crippen LogP contribution in [0.4, 0.5) is 0 Å². The van der Waals surface area contributed by atoms with Gasteiger partial charge in [0.25, 0.3) is 0 Å². The quantitative estimate of drug-likeness (QED) is 0.687. The lowest BCUT2D eigenvalue weighted by Gasteiger charge is -2.43. The summed E-state index contributed by atoms with van der Waals surface area (Å²) < 4.78 is 0. The summed E-state index contributed by atoms with van der Waals surface area (Å²) in [5.41, 5.74) is -1.09. The average molecular weight is 173 g/mol. The van der Waals surface area contributed by atoms with Crippen molar-refractivity contribution in [3.63, 3.8) is 0 Å². The molecule has 0 aliphatic heterocycles. The zero-order valence-electron chi connectivity index (χ0n) is 8.80. The Balaban J connectivity index is 5.02. The van der Waals surface area contributed by atoms with E-state index in [1.54, 1.807) is 25.9 Å². The van der Waals surface area contributed by atoms with Gasteiger partial charge in [-0.2, -0.15) is 0 Å². The van der Waals surface area contributed by atoms with Crippen molar-refractivity contribution < 1.29 is 9.90 Å². The smallest absolute Gasteiger partial charge is 0.324 e. The Morgan fingerprint density at radius 3 is 1.50 bits per heavy atom. The highest BCUT2D eigenvalue weighted by Gasteiger charge is 2.46. The number of likely N-dealkylation sites (N-methyl/N-ethyl adjacent to an activating group) is 1. The third-order valence-corrected chi connectivity index (χ3v) is 2.77.